The second kappa shape index (κ2) is 7.20. The molecule has 1 aliphatic carbocycles. The maximum Gasteiger partial charge on any atom is 0.245 e. The molecule has 29 heavy (non-hydrogen) atoms. The standard InChI is InChI=1S/C17H21N7O2S3/c1-12-18-23(17(27)24(12)13-5-6-13)11-21-7-9-22(10-8-21)29(25,26)15-4-2-3-14-16(15)20-28-19-14/h2-4,13H,5-11H2,1H3. The molecule has 2 aliphatic rings. The molecule has 0 unspecified atom stereocenters. The summed E-state index contributed by atoms with van der Waals surface area (Å²) in [5.41, 5.74) is 1.07. The van der Waals surface area contributed by atoms with Crippen LogP contribution in [0.5, 0.6) is 0 Å². The maximum atomic E-state index is 13.2. The first-order chi connectivity index (χ1) is 13.9. The zero-order valence-electron chi connectivity index (χ0n) is 15.9. The summed E-state index contributed by atoms with van der Waals surface area (Å²) in [6.45, 7) is 4.67. The summed E-state index contributed by atoms with van der Waals surface area (Å²) in [7, 11) is -3.60. The number of nitrogens with zero attached hydrogens (tertiary/aromatic N) is 7. The van der Waals surface area contributed by atoms with Crippen molar-refractivity contribution in [3.05, 3.63) is 28.8 Å². The molecule has 1 saturated carbocycles. The molecular formula is C17H21N7O2S3. The second-order valence-electron chi connectivity index (χ2n) is 7.48. The number of aryl methyl sites for hydroxylation is 1. The Bertz CT molecular complexity index is 1220. The quantitative estimate of drug-likeness (QED) is 0.548. The minimum absolute atomic E-state index is 0.234. The molecule has 5 rings (SSSR count). The molecule has 12 heteroatoms. The zero-order valence-corrected chi connectivity index (χ0v) is 18.4. The SMILES string of the molecule is Cc1nn(CN2CCN(S(=O)(=O)c3cccc4nsnc34)CC2)c(=S)n1C1CC1. The van der Waals surface area contributed by atoms with Crippen LogP contribution in [0, 0.1) is 11.7 Å². The molecular weight excluding hydrogens is 430 g/mol. The van der Waals surface area contributed by atoms with E-state index in [1.165, 1.54) is 17.1 Å². The zero-order chi connectivity index (χ0) is 20.2. The Labute approximate surface area is 177 Å². The second-order valence-corrected chi connectivity index (χ2v) is 10.3. The van der Waals surface area contributed by atoms with Gasteiger partial charge in [-0.2, -0.15) is 18.2 Å². The van der Waals surface area contributed by atoms with Gasteiger partial charge in [-0.05, 0) is 44.1 Å². The molecule has 0 bridgehead atoms. The van der Waals surface area contributed by atoms with Gasteiger partial charge < -0.3 is 4.57 Å². The number of aromatic nitrogens is 5. The number of fused-ring (bicyclic) bond motifs is 1. The van der Waals surface area contributed by atoms with Crippen LogP contribution in [0.4, 0.5) is 0 Å². The van der Waals surface area contributed by atoms with E-state index in [9.17, 15) is 8.42 Å². The highest BCUT2D eigenvalue weighted by atomic mass is 32.2. The van der Waals surface area contributed by atoms with Gasteiger partial charge >= 0.3 is 0 Å². The summed E-state index contributed by atoms with van der Waals surface area (Å²) in [5.74, 6) is 0.948. The molecule has 0 atom stereocenters. The highest BCUT2D eigenvalue weighted by Crippen LogP contribution is 2.36. The molecule has 1 aliphatic heterocycles. The minimum Gasteiger partial charge on any atom is -0.301 e. The van der Waals surface area contributed by atoms with E-state index in [4.69, 9.17) is 12.2 Å². The Morgan fingerprint density at radius 3 is 2.66 bits per heavy atom. The number of benzene rings is 1. The van der Waals surface area contributed by atoms with Crippen molar-refractivity contribution >= 4 is 45.0 Å². The molecule has 0 N–H and O–H groups in total. The minimum atomic E-state index is -3.60. The average molecular weight is 452 g/mol. The van der Waals surface area contributed by atoms with E-state index in [2.05, 4.69) is 23.3 Å². The van der Waals surface area contributed by atoms with Crippen molar-refractivity contribution in [2.75, 3.05) is 26.2 Å². The monoisotopic (exact) mass is 451 g/mol. The lowest BCUT2D eigenvalue weighted by Gasteiger charge is -2.33. The van der Waals surface area contributed by atoms with Crippen molar-refractivity contribution in [2.45, 2.75) is 37.4 Å². The summed E-state index contributed by atoms with van der Waals surface area (Å²) < 4.78 is 40.9. The van der Waals surface area contributed by atoms with Gasteiger partial charge in [0.05, 0.1) is 18.4 Å². The van der Waals surface area contributed by atoms with E-state index in [0.717, 1.165) is 22.3 Å². The summed E-state index contributed by atoms with van der Waals surface area (Å²) in [4.78, 5) is 2.43. The summed E-state index contributed by atoms with van der Waals surface area (Å²) in [6.07, 6.45) is 2.33. The van der Waals surface area contributed by atoms with Crippen molar-refractivity contribution < 1.29 is 8.42 Å². The molecule has 154 valence electrons. The Hall–Kier alpha value is -1.73. The van der Waals surface area contributed by atoms with E-state index >= 15 is 0 Å². The Morgan fingerprint density at radius 2 is 1.93 bits per heavy atom. The predicted octanol–water partition coefficient (Wildman–Crippen LogP) is 2.03. The Balaban J connectivity index is 1.30. The molecule has 1 saturated heterocycles. The lowest BCUT2D eigenvalue weighted by atomic mass is 10.3. The van der Waals surface area contributed by atoms with Gasteiger partial charge in [0, 0.05) is 32.2 Å². The van der Waals surface area contributed by atoms with Crippen LogP contribution in [0.15, 0.2) is 23.1 Å². The van der Waals surface area contributed by atoms with Gasteiger partial charge in [-0.3, -0.25) is 4.90 Å². The predicted molar refractivity (Wildman–Crippen MR) is 112 cm³/mol. The van der Waals surface area contributed by atoms with Crippen molar-refractivity contribution in [2.24, 2.45) is 0 Å². The van der Waals surface area contributed by atoms with Crippen LogP contribution in [-0.4, -0.2) is 66.9 Å². The fraction of sp³-hybridized carbons (Fsp3) is 0.529. The molecule has 0 amide bonds. The lowest BCUT2D eigenvalue weighted by Crippen LogP contribution is -2.49. The summed E-state index contributed by atoms with van der Waals surface area (Å²) >= 11 is 6.63. The smallest absolute Gasteiger partial charge is 0.245 e. The van der Waals surface area contributed by atoms with E-state index < -0.39 is 10.0 Å². The van der Waals surface area contributed by atoms with Crippen molar-refractivity contribution in [1.29, 1.82) is 0 Å². The van der Waals surface area contributed by atoms with Crippen molar-refractivity contribution in [3.63, 3.8) is 0 Å². The topological polar surface area (TPSA) is 89.2 Å². The van der Waals surface area contributed by atoms with Crippen LogP contribution >= 0.6 is 23.9 Å². The van der Waals surface area contributed by atoms with Crippen LogP contribution in [0.3, 0.4) is 0 Å². The number of sulfonamides is 1. The lowest BCUT2D eigenvalue weighted by molar-refractivity contribution is 0.144. The first kappa shape index (κ1) is 19.2. The molecule has 2 fully saturated rings. The number of rotatable bonds is 5. The van der Waals surface area contributed by atoms with E-state index in [1.807, 2.05) is 11.6 Å². The van der Waals surface area contributed by atoms with E-state index in [1.54, 1.807) is 18.2 Å². The fourth-order valence-electron chi connectivity index (χ4n) is 3.80. The van der Waals surface area contributed by atoms with Gasteiger partial charge in [-0.1, -0.05) is 6.07 Å². The molecule has 9 nitrogen and oxygen atoms in total. The number of piperazine rings is 1. The third-order valence-electron chi connectivity index (χ3n) is 5.49. The van der Waals surface area contributed by atoms with Gasteiger partial charge in [0.25, 0.3) is 0 Å². The third kappa shape index (κ3) is 3.42. The van der Waals surface area contributed by atoms with Crippen LogP contribution < -0.4 is 0 Å². The molecule has 2 aromatic heterocycles. The van der Waals surface area contributed by atoms with Crippen LogP contribution in [0.25, 0.3) is 11.0 Å². The van der Waals surface area contributed by atoms with E-state index in [0.29, 0.717) is 49.9 Å². The largest absolute Gasteiger partial charge is 0.301 e. The normalized spacial score (nSPS) is 19.2. The van der Waals surface area contributed by atoms with Crippen molar-refractivity contribution in [3.8, 4) is 0 Å². The summed E-state index contributed by atoms with van der Waals surface area (Å²) in [5, 5.41) is 4.60. The Morgan fingerprint density at radius 1 is 1.17 bits per heavy atom. The van der Waals surface area contributed by atoms with Crippen molar-refractivity contribution in [1.82, 2.24) is 32.3 Å². The van der Waals surface area contributed by atoms with Gasteiger partial charge in [0.2, 0.25) is 10.0 Å². The number of hydrogen-bond donors (Lipinski definition) is 0. The first-order valence-corrected chi connectivity index (χ1v) is 12.1. The average Bonchev–Trinajstić information content (AvgIpc) is 3.34. The molecule has 1 aromatic carbocycles. The maximum absolute atomic E-state index is 13.2. The molecule has 0 spiro atoms. The van der Waals surface area contributed by atoms with Crippen LogP contribution in [0.2, 0.25) is 0 Å². The van der Waals surface area contributed by atoms with Crippen LogP contribution in [-0.2, 0) is 16.7 Å². The van der Waals surface area contributed by atoms with Gasteiger partial charge in [-0.25, -0.2) is 13.1 Å². The number of hydrogen-bond acceptors (Lipinski definition) is 8. The first-order valence-electron chi connectivity index (χ1n) is 9.55. The van der Waals surface area contributed by atoms with Gasteiger partial charge in [-0.15, -0.1) is 0 Å². The van der Waals surface area contributed by atoms with Crippen LogP contribution in [0.1, 0.15) is 24.7 Å². The Kier molecular flexibility index (Phi) is 4.78. The molecule has 3 heterocycles. The molecule has 0 radical (unpaired) electrons. The van der Waals surface area contributed by atoms with Gasteiger partial charge in [0.1, 0.15) is 21.8 Å². The third-order valence-corrected chi connectivity index (χ3v) is 8.37. The molecule has 3 aromatic rings. The highest BCUT2D eigenvalue weighted by molar-refractivity contribution is 7.89. The summed E-state index contributed by atoms with van der Waals surface area (Å²) in [6, 6.07) is 5.61. The van der Waals surface area contributed by atoms with E-state index in [-0.39, 0.29) is 4.90 Å². The van der Waals surface area contributed by atoms with Gasteiger partial charge in [0.15, 0.2) is 4.77 Å². The highest BCUT2D eigenvalue weighted by Gasteiger charge is 2.31. The fourth-order valence-corrected chi connectivity index (χ4v) is 6.36.